The van der Waals surface area contributed by atoms with Crippen LogP contribution in [0.4, 0.5) is 0 Å². The lowest BCUT2D eigenvalue weighted by molar-refractivity contribution is 0.101. The highest BCUT2D eigenvalue weighted by Crippen LogP contribution is 2.33. The number of hydrogen-bond acceptors (Lipinski definition) is 3. The summed E-state index contributed by atoms with van der Waals surface area (Å²) in [5.41, 5.74) is 2.28. The summed E-state index contributed by atoms with van der Waals surface area (Å²) in [5.74, 6) is 0. The Labute approximate surface area is 169 Å². The van der Waals surface area contributed by atoms with Crippen LogP contribution in [0.5, 0.6) is 0 Å². The second-order valence-electron chi connectivity index (χ2n) is 6.88. The Balaban J connectivity index is 1.56. The molecule has 0 aliphatic carbocycles. The summed E-state index contributed by atoms with van der Waals surface area (Å²) >= 11 is 7.14. The van der Waals surface area contributed by atoms with E-state index in [4.69, 9.17) is 4.74 Å². The van der Waals surface area contributed by atoms with E-state index in [1.165, 1.54) is 10.8 Å². The Bertz CT molecular complexity index is 860. The molecule has 1 fully saturated rings. The van der Waals surface area contributed by atoms with E-state index in [1.807, 2.05) is 0 Å². The van der Waals surface area contributed by atoms with E-state index in [-0.39, 0.29) is 0 Å². The Hall–Kier alpha value is -0.920. The van der Waals surface area contributed by atoms with Crippen LogP contribution >= 0.6 is 31.9 Å². The van der Waals surface area contributed by atoms with Gasteiger partial charge in [0.15, 0.2) is 0 Å². The number of hydrogen-bond donors (Lipinski definition) is 2. The van der Waals surface area contributed by atoms with Crippen molar-refractivity contribution in [3.63, 3.8) is 0 Å². The minimum absolute atomic E-state index is 0.296. The Morgan fingerprint density at radius 3 is 2.35 bits per heavy atom. The second-order valence-corrected chi connectivity index (χ2v) is 8.71. The first-order valence-corrected chi connectivity index (χ1v) is 10.6. The summed E-state index contributed by atoms with van der Waals surface area (Å²) in [7, 11) is 0. The van der Waals surface area contributed by atoms with Gasteiger partial charge in [-0.2, -0.15) is 0 Å². The molecule has 4 nitrogen and oxygen atoms in total. The molecule has 6 heteroatoms. The number of nitrogens with zero attached hydrogens (tertiary/aromatic N) is 1. The smallest absolute Gasteiger partial charge is 0.0843 e. The zero-order valence-corrected chi connectivity index (χ0v) is 17.6. The van der Waals surface area contributed by atoms with Gasteiger partial charge in [0.25, 0.3) is 0 Å². The van der Waals surface area contributed by atoms with E-state index in [1.54, 1.807) is 0 Å². The van der Waals surface area contributed by atoms with Crippen LogP contribution in [-0.4, -0.2) is 41.6 Å². The van der Waals surface area contributed by atoms with Gasteiger partial charge < -0.3 is 19.7 Å². The number of ether oxygens (including phenoxy) is 1. The van der Waals surface area contributed by atoms with Gasteiger partial charge in [-0.3, -0.25) is 0 Å². The average molecular weight is 482 g/mol. The van der Waals surface area contributed by atoms with Gasteiger partial charge >= 0.3 is 0 Å². The van der Waals surface area contributed by atoms with Crippen molar-refractivity contribution in [2.45, 2.75) is 31.6 Å². The standard InChI is InChI=1S/C20H22Br2N2O2/c21-13-3-5-19-17(8-13)18-9-14(22)4-6-20(18)24(19)12-15(25)10-23-11-16-2-1-7-26-16/h3-6,8-9,15-16,23,25H,1-2,7,10-12H2/t15-,16+/m1/s1. The van der Waals surface area contributed by atoms with Crippen molar-refractivity contribution in [2.75, 3.05) is 19.7 Å². The van der Waals surface area contributed by atoms with Crippen LogP contribution in [-0.2, 0) is 11.3 Å². The van der Waals surface area contributed by atoms with Crippen molar-refractivity contribution in [1.29, 1.82) is 0 Å². The molecule has 26 heavy (non-hydrogen) atoms. The molecule has 0 spiro atoms. The van der Waals surface area contributed by atoms with E-state index in [0.717, 1.165) is 46.0 Å². The Kier molecular flexibility index (Phi) is 5.66. The molecule has 1 aliphatic heterocycles. The Morgan fingerprint density at radius 2 is 1.77 bits per heavy atom. The molecule has 138 valence electrons. The summed E-state index contributed by atoms with van der Waals surface area (Å²) in [6, 6.07) is 12.6. The van der Waals surface area contributed by atoms with Gasteiger partial charge in [0.05, 0.1) is 18.8 Å². The van der Waals surface area contributed by atoms with E-state index >= 15 is 0 Å². The summed E-state index contributed by atoms with van der Waals surface area (Å²) in [6.45, 7) is 2.79. The van der Waals surface area contributed by atoms with Crippen molar-refractivity contribution < 1.29 is 9.84 Å². The lowest BCUT2D eigenvalue weighted by Gasteiger charge is -2.16. The van der Waals surface area contributed by atoms with Crippen LogP contribution in [0.1, 0.15) is 12.8 Å². The maximum atomic E-state index is 10.6. The highest BCUT2D eigenvalue weighted by atomic mass is 79.9. The number of aliphatic hydroxyl groups is 1. The minimum Gasteiger partial charge on any atom is -0.390 e. The fourth-order valence-electron chi connectivity index (χ4n) is 3.74. The lowest BCUT2D eigenvalue weighted by atomic mass is 10.2. The number of aromatic nitrogens is 1. The topological polar surface area (TPSA) is 46.4 Å². The third kappa shape index (κ3) is 3.85. The van der Waals surface area contributed by atoms with Crippen molar-refractivity contribution in [3.8, 4) is 0 Å². The molecular weight excluding hydrogens is 460 g/mol. The molecule has 2 N–H and O–H groups in total. The lowest BCUT2D eigenvalue weighted by Crippen LogP contribution is -2.34. The largest absolute Gasteiger partial charge is 0.390 e. The predicted molar refractivity (Wildman–Crippen MR) is 113 cm³/mol. The van der Waals surface area contributed by atoms with Gasteiger partial charge in [-0.25, -0.2) is 0 Å². The zero-order chi connectivity index (χ0) is 18.1. The maximum Gasteiger partial charge on any atom is 0.0843 e. The fourth-order valence-corrected chi connectivity index (χ4v) is 4.46. The minimum atomic E-state index is -0.456. The molecule has 1 aliphatic rings. The second kappa shape index (κ2) is 7.98. The molecule has 4 rings (SSSR count). The van der Waals surface area contributed by atoms with Crippen LogP contribution in [0.25, 0.3) is 21.8 Å². The number of nitrogens with one attached hydrogen (secondary N) is 1. The van der Waals surface area contributed by atoms with Crippen LogP contribution < -0.4 is 5.32 Å². The van der Waals surface area contributed by atoms with Crippen LogP contribution in [0.15, 0.2) is 45.3 Å². The summed E-state index contributed by atoms with van der Waals surface area (Å²) in [6.07, 6.45) is 2.09. The number of aliphatic hydroxyl groups excluding tert-OH is 1. The fraction of sp³-hybridized carbons (Fsp3) is 0.400. The van der Waals surface area contributed by atoms with E-state index in [0.29, 0.717) is 19.2 Å². The van der Waals surface area contributed by atoms with E-state index in [9.17, 15) is 5.11 Å². The summed E-state index contributed by atoms with van der Waals surface area (Å²) in [4.78, 5) is 0. The highest BCUT2D eigenvalue weighted by Gasteiger charge is 2.17. The first-order valence-electron chi connectivity index (χ1n) is 8.99. The maximum absolute atomic E-state index is 10.6. The molecule has 0 unspecified atom stereocenters. The van der Waals surface area contributed by atoms with Gasteiger partial charge in [-0.15, -0.1) is 0 Å². The number of benzene rings is 2. The quantitative estimate of drug-likeness (QED) is 0.546. The van der Waals surface area contributed by atoms with E-state index < -0.39 is 6.10 Å². The predicted octanol–water partition coefficient (Wildman–Crippen LogP) is 4.45. The first kappa shape index (κ1) is 18.4. The monoisotopic (exact) mass is 480 g/mol. The number of fused-ring (bicyclic) bond motifs is 3. The van der Waals surface area contributed by atoms with Crippen molar-refractivity contribution in [1.82, 2.24) is 9.88 Å². The zero-order valence-electron chi connectivity index (χ0n) is 14.4. The third-order valence-electron chi connectivity index (χ3n) is 4.96. The van der Waals surface area contributed by atoms with Gasteiger partial charge in [0.2, 0.25) is 0 Å². The summed E-state index contributed by atoms with van der Waals surface area (Å²) < 4.78 is 9.95. The van der Waals surface area contributed by atoms with Gasteiger partial charge in [-0.05, 0) is 49.2 Å². The molecule has 0 radical (unpaired) electrons. The molecule has 3 aromatic rings. The molecule has 2 atom stereocenters. The van der Waals surface area contributed by atoms with E-state index in [2.05, 4.69) is 78.1 Å². The number of halogens is 2. The molecule has 0 bridgehead atoms. The first-order chi connectivity index (χ1) is 12.6. The molecule has 2 aromatic carbocycles. The van der Waals surface area contributed by atoms with Crippen molar-refractivity contribution in [3.05, 3.63) is 45.3 Å². The molecule has 0 amide bonds. The summed E-state index contributed by atoms with van der Waals surface area (Å²) in [5, 5.41) is 16.3. The Morgan fingerprint density at radius 1 is 1.12 bits per heavy atom. The molecular formula is C20H22Br2N2O2. The molecule has 1 aromatic heterocycles. The van der Waals surface area contributed by atoms with Crippen LogP contribution in [0.3, 0.4) is 0 Å². The average Bonchev–Trinajstić information content (AvgIpc) is 3.22. The van der Waals surface area contributed by atoms with Gasteiger partial charge in [0.1, 0.15) is 0 Å². The van der Waals surface area contributed by atoms with Crippen LogP contribution in [0, 0.1) is 0 Å². The highest BCUT2D eigenvalue weighted by molar-refractivity contribution is 9.10. The third-order valence-corrected chi connectivity index (χ3v) is 5.94. The molecule has 2 heterocycles. The SMILES string of the molecule is O[C@H](CNC[C@@H]1CCCO1)Cn1c2ccc(Br)cc2c2cc(Br)ccc21. The number of rotatable bonds is 6. The van der Waals surface area contributed by atoms with Crippen LogP contribution in [0.2, 0.25) is 0 Å². The van der Waals surface area contributed by atoms with Gasteiger partial charge in [0, 0.05) is 50.4 Å². The molecule has 1 saturated heterocycles. The normalized spacial score (nSPS) is 18.8. The van der Waals surface area contributed by atoms with Gasteiger partial charge in [-0.1, -0.05) is 31.9 Å². The van der Waals surface area contributed by atoms with Crippen molar-refractivity contribution in [2.24, 2.45) is 0 Å². The van der Waals surface area contributed by atoms with Crippen molar-refractivity contribution >= 4 is 53.7 Å². The molecule has 0 saturated carbocycles.